The fourth-order valence-corrected chi connectivity index (χ4v) is 2.49. The van der Waals surface area contributed by atoms with Crippen molar-refractivity contribution < 1.29 is 44.0 Å². The Labute approximate surface area is 145 Å². The molecule has 0 radical (unpaired) electrons. The van der Waals surface area contributed by atoms with Gasteiger partial charge in [-0.25, -0.2) is 0 Å². The Kier molecular flexibility index (Phi) is 10.8. The van der Waals surface area contributed by atoms with Gasteiger partial charge in [0.25, 0.3) is 10.1 Å². The van der Waals surface area contributed by atoms with Gasteiger partial charge in [0.2, 0.25) is 0 Å². The van der Waals surface area contributed by atoms with Gasteiger partial charge >= 0.3 is 29.6 Å². The SMILES string of the molecule is NCCCCCCCCc1ccc(S(=O)(=O)O)cc1.[H-].[Na+]. The van der Waals surface area contributed by atoms with Crippen molar-refractivity contribution in [3.63, 3.8) is 0 Å². The molecule has 0 amide bonds. The van der Waals surface area contributed by atoms with Crippen LogP contribution < -0.4 is 35.3 Å². The third-order valence-electron chi connectivity index (χ3n) is 3.14. The summed E-state index contributed by atoms with van der Waals surface area (Å²) in [7, 11) is -4.07. The Bertz CT molecular complexity index is 466. The van der Waals surface area contributed by atoms with Crippen molar-refractivity contribution in [3.8, 4) is 0 Å². The zero-order valence-electron chi connectivity index (χ0n) is 13.2. The molecular weight excluding hydrogens is 285 g/mol. The van der Waals surface area contributed by atoms with Crippen LogP contribution in [0.3, 0.4) is 0 Å². The molecule has 0 spiro atoms. The van der Waals surface area contributed by atoms with Gasteiger partial charge < -0.3 is 7.16 Å². The van der Waals surface area contributed by atoms with Crippen molar-refractivity contribution in [3.05, 3.63) is 29.8 Å². The first-order valence-electron chi connectivity index (χ1n) is 6.80. The molecule has 0 aromatic heterocycles. The maximum Gasteiger partial charge on any atom is 1.00 e. The van der Waals surface area contributed by atoms with Crippen molar-refractivity contribution >= 4 is 10.1 Å². The molecule has 1 aromatic rings. The molecule has 0 aliphatic carbocycles. The quantitative estimate of drug-likeness (QED) is 0.379. The summed E-state index contributed by atoms with van der Waals surface area (Å²) in [6.07, 6.45) is 8.01. The maximum absolute atomic E-state index is 10.9. The summed E-state index contributed by atoms with van der Waals surface area (Å²) in [5, 5.41) is 0. The summed E-state index contributed by atoms with van der Waals surface area (Å²) in [5.41, 5.74) is 6.53. The number of nitrogens with two attached hydrogens (primary N) is 1. The fourth-order valence-electron chi connectivity index (χ4n) is 2.01. The van der Waals surface area contributed by atoms with Gasteiger partial charge in [0.05, 0.1) is 4.90 Å². The molecule has 0 unspecified atom stereocenters. The number of aryl methyl sites for hydroxylation is 1. The fraction of sp³-hybridized carbons (Fsp3) is 0.571. The molecule has 0 heterocycles. The Morgan fingerprint density at radius 1 is 0.950 bits per heavy atom. The van der Waals surface area contributed by atoms with Crippen LogP contribution in [0.4, 0.5) is 0 Å². The van der Waals surface area contributed by atoms with Crippen molar-refractivity contribution in [2.45, 2.75) is 49.8 Å². The van der Waals surface area contributed by atoms with Gasteiger partial charge in [-0.15, -0.1) is 0 Å². The molecule has 20 heavy (non-hydrogen) atoms. The summed E-state index contributed by atoms with van der Waals surface area (Å²) in [6, 6.07) is 6.42. The van der Waals surface area contributed by atoms with Gasteiger partial charge in [0.15, 0.2) is 0 Å². The zero-order chi connectivity index (χ0) is 14.1. The monoisotopic (exact) mass is 309 g/mol. The summed E-state index contributed by atoms with van der Waals surface area (Å²) in [4.78, 5) is -0.0435. The van der Waals surface area contributed by atoms with Gasteiger partial charge in [-0.2, -0.15) is 8.42 Å². The van der Waals surface area contributed by atoms with E-state index >= 15 is 0 Å². The second-order valence-corrected chi connectivity index (χ2v) is 6.20. The van der Waals surface area contributed by atoms with Crippen LogP contribution in [0.15, 0.2) is 29.2 Å². The minimum atomic E-state index is -4.07. The first-order valence-corrected chi connectivity index (χ1v) is 8.24. The van der Waals surface area contributed by atoms with Crippen LogP contribution in [0.25, 0.3) is 0 Å². The van der Waals surface area contributed by atoms with Gasteiger partial charge in [0, 0.05) is 0 Å². The van der Waals surface area contributed by atoms with E-state index in [2.05, 4.69) is 0 Å². The molecule has 0 fully saturated rings. The number of benzene rings is 1. The van der Waals surface area contributed by atoms with Crippen LogP contribution in [-0.2, 0) is 16.5 Å². The first-order chi connectivity index (χ1) is 9.04. The van der Waals surface area contributed by atoms with E-state index in [1.165, 1.54) is 37.8 Å². The molecule has 1 rings (SSSR count). The van der Waals surface area contributed by atoms with Crippen molar-refractivity contribution in [1.82, 2.24) is 0 Å². The second kappa shape index (κ2) is 10.8. The smallest absolute Gasteiger partial charge is 1.00 e. The first kappa shape index (κ1) is 20.1. The average molecular weight is 309 g/mol. The second-order valence-electron chi connectivity index (χ2n) is 4.78. The van der Waals surface area contributed by atoms with E-state index in [0.717, 1.165) is 31.4 Å². The van der Waals surface area contributed by atoms with Crippen molar-refractivity contribution in [2.75, 3.05) is 6.54 Å². The minimum absolute atomic E-state index is 0. The molecule has 0 bridgehead atoms. The standard InChI is InChI=1S/C14H23NO3S.Na.H/c15-12-6-4-2-1-3-5-7-13-8-10-14(11-9-13)19(16,17)18;;/h8-11H,1-7,12,15H2,(H,16,17,18);;/q;+1;-1. The summed E-state index contributed by atoms with van der Waals surface area (Å²) in [5.74, 6) is 0. The summed E-state index contributed by atoms with van der Waals surface area (Å²) < 4.78 is 30.6. The molecule has 0 aliphatic rings. The van der Waals surface area contributed by atoms with Crippen molar-refractivity contribution in [1.29, 1.82) is 0 Å². The maximum atomic E-state index is 10.9. The predicted octanol–water partition coefficient (Wildman–Crippen LogP) is -0.108. The van der Waals surface area contributed by atoms with Crippen LogP contribution in [0.2, 0.25) is 0 Å². The van der Waals surface area contributed by atoms with E-state index in [9.17, 15) is 8.42 Å². The Hall–Kier alpha value is 0.0900. The van der Waals surface area contributed by atoms with Crippen LogP contribution in [0.5, 0.6) is 0 Å². The van der Waals surface area contributed by atoms with Crippen LogP contribution in [-0.4, -0.2) is 19.5 Å². The Morgan fingerprint density at radius 2 is 1.45 bits per heavy atom. The largest absolute Gasteiger partial charge is 1.00 e. The molecule has 4 nitrogen and oxygen atoms in total. The Balaban J connectivity index is 0. The molecule has 110 valence electrons. The van der Waals surface area contributed by atoms with Crippen LogP contribution in [0.1, 0.15) is 45.5 Å². The average Bonchev–Trinajstić information content (AvgIpc) is 2.37. The summed E-state index contributed by atoms with van der Waals surface area (Å²) in [6.45, 7) is 0.778. The Morgan fingerprint density at radius 3 is 1.95 bits per heavy atom. The van der Waals surface area contributed by atoms with Crippen molar-refractivity contribution in [2.24, 2.45) is 5.73 Å². The van der Waals surface area contributed by atoms with E-state index < -0.39 is 10.1 Å². The van der Waals surface area contributed by atoms with Gasteiger partial charge in [-0.1, -0.05) is 37.8 Å². The van der Waals surface area contributed by atoms with Crippen LogP contribution >= 0.6 is 0 Å². The molecule has 3 N–H and O–H groups in total. The molecule has 1 aromatic carbocycles. The molecule has 0 saturated carbocycles. The molecule has 6 heteroatoms. The van der Waals surface area contributed by atoms with E-state index in [4.69, 9.17) is 10.3 Å². The number of hydrogen-bond donors (Lipinski definition) is 2. The summed E-state index contributed by atoms with van der Waals surface area (Å²) >= 11 is 0. The number of rotatable bonds is 9. The van der Waals surface area contributed by atoms with Gasteiger partial charge in [-0.3, -0.25) is 4.55 Å². The molecule has 0 aliphatic heterocycles. The van der Waals surface area contributed by atoms with E-state index in [-0.39, 0.29) is 35.9 Å². The number of hydrogen-bond acceptors (Lipinski definition) is 3. The van der Waals surface area contributed by atoms with E-state index in [0.29, 0.717) is 0 Å². The van der Waals surface area contributed by atoms with E-state index in [1.807, 2.05) is 0 Å². The van der Waals surface area contributed by atoms with E-state index in [1.54, 1.807) is 12.1 Å². The minimum Gasteiger partial charge on any atom is -1.00 e. The molecule has 0 saturated heterocycles. The van der Waals surface area contributed by atoms with Gasteiger partial charge in [0.1, 0.15) is 0 Å². The van der Waals surface area contributed by atoms with Gasteiger partial charge in [-0.05, 0) is 43.5 Å². The van der Waals surface area contributed by atoms with Crippen LogP contribution in [0, 0.1) is 0 Å². The third-order valence-corrected chi connectivity index (χ3v) is 4.01. The normalized spacial score (nSPS) is 11.1. The predicted molar refractivity (Wildman–Crippen MR) is 77.8 cm³/mol. The number of unbranched alkanes of at least 4 members (excludes halogenated alkanes) is 5. The zero-order valence-corrected chi connectivity index (χ0v) is 15.0. The topological polar surface area (TPSA) is 80.4 Å². The third kappa shape index (κ3) is 8.39. The molecular formula is C14H24NNaO3S. The molecule has 0 atom stereocenters.